The van der Waals surface area contributed by atoms with Crippen LogP contribution in [0.15, 0.2) is 29.8 Å². The van der Waals surface area contributed by atoms with Crippen LogP contribution in [0.3, 0.4) is 0 Å². The number of halogens is 1. The molecule has 1 aromatic carbocycles. The van der Waals surface area contributed by atoms with Crippen LogP contribution in [-0.2, 0) is 9.57 Å². The average molecular weight is 352 g/mol. The Balaban J connectivity index is 2.37. The fourth-order valence-corrected chi connectivity index (χ4v) is 3.53. The Hall–Kier alpha value is -1.36. The van der Waals surface area contributed by atoms with Gasteiger partial charge in [-0.15, -0.1) is 0 Å². The van der Waals surface area contributed by atoms with Gasteiger partial charge in [0.25, 0.3) is 5.91 Å². The number of carbonyl (C=O) groups is 1. The number of hydrogen-bond acceptors (Lipinski definition) is 3. The summed E-state index contributed by atoms with van der Waals surface area (Å²) in [6.07, 6.45) is 9.21. The van der Waals surface area contributed by atoms with Crippen molar-refractivity contribution in [2.45, 2.75) is 44.4 Å². The Bertz CT molecular complexity index is 578. The standard InChI is InChI=1S/C19H26ClNO3/c1-23-12-11-15(13-14-7-4-3-5-8-14)16-9-6-10-17(20)18(16)19(22)21-24-2/h6,9-10,13,15H,3-5,7-8,11-12H2,1-2H3,(H,21,22). The fraction of sp³-hybridized carbons (Fsp3) is 0.526. The SMILES string of the molecule is COCCC(C=C1CCCCC1)c1cccc(Cl)c1C(=O)NOC. The van der Waals surface area contributed by atoms with Gasteiger partial charge in [-0.1, -0.05) is 41.8 Å². The van der Waals surface area contributed by atoms with Crippen molar-refractivity contribution in [2.24, 2.45) is 0 Å². The maximum absolute atomic E-state index is 12.4. The van der Waals surface area contributed by atoms with E-state index in [1.54, 1.807) is 13.2 Å². The quantitative estimate of drug-likeness (QED) is 0.575. The zero-order valence-corrected chi connectivity index (χ0v) is 15.2. The number of nitrogens with one attached hydrogen (secondary N) is 1. The normalized spacial score (nSPS) is 15.9. The van der Waals surface area contributed by atoms with Gasteiger partial charge in [0.2, 0.25) is 0 Å². The molecule has 0 radical (unpaired) electrons. The molecule has 1 atom stereocenters. The van der Waals surface area contributed by atoms with Crippen LogP contribution in [0.2, 0.25) is 5.02 Å². The first-order valence-electron chi connectivity index (χ1n) is 8.47. The van der Waals surface area contributed by atoms with E-state index in [1.165, 1.54) is 31.9 Å². The van der Waals surface area contributed by atoms with Crippen LogP contribution >= 0.6 is 11.6 Å². The van der Waals surface area contributed by atoms with Gasteiger partial charge in [0, 0.05) is 19.6 Å². The minimum absolute atomic E-state index is 0.106. The second kappa shape index (κ2) is 9.82. The van der Waals surface area contributed by atoms with Crippen molar-refractivity contribution in [3.05, 3.63) is 46.0 Å². The van der Waals surface area contributed by atoms with Crippen LogP contribution in [0.4, 0.5) is 0 Å². The molecule has 1 saturated carbocycles. The second-order valence-electron chi connectivity index (χ2n) is 6.11. The van der Waals surface area contributed by atoms with Crippen molar-refractivity contribution < 1.29 is 14.4 Å². The van der Waals surface area contributed by atoms with E-state index in [1.807, 2.05) is 12.1 Å². The van der Waals surface area contributed by atoms with E-state index in [-0.39, 0.29) is 11.8 Å². The van der Waals surface area contributed by atoms with E-state index >= 15 is 0 Å². The lowest BCUT2D eigenvalue weighted by Crippen LogP contribution is -2.24. The van der Waals surface area contributed by atoms with E-state index < -0.39 is 0 Å². The Labute approximate surface area is 149 Å². The van der Waals surface area contributed by atoms with E-state index in [4.69, 9.17) is 21.2 Å². The summed E-state index contributed by atoms with van der Waals surface area (Å²) in [5.41, 5.74) is 5.26. The predicted octanol–water partition coefficient (Wildman–Crippen LogP) is 4.64. The zero-order valence-electron chi connectivity index (χ0n) is 14.4. The van der Waals surface area contributed by atoms with Gasteiger partial charge in [-0.25, -0.2) is 5.48 Å². The first-order valence-corrected chi connectivity index (χ1v) is 8.85. The molecule has 4 nitrogen and oxygen atoms in total. The number of ether oxygens (including phenoxy) is 1. The third kappa shape index (κ3) is 5.07. The first-order chi connectivity index (χ1) is 11.7. The number of allylic oxidation sites excluding steroid dienone is 2. The summed E-state index contributed by atoms with van der Waals surface area (Å²) in [6.45, 7) is 0.631. The zero-order chi connectivity index (χ0) is 17.4. The average Bonchev–Trinajstić information content (AvgIpc) is 2.59. The Kier molecular flexibility index (Phi) is 7.76. The molecule has 0 spiro atoms. The highest BCUT2D eigenvalue weighted by Crippen LogP contribution is 2.33. The molecule has 0 aromatic heterocycles. The summed E-state index contributed by atoms with van der Waals surface area (Å²) in [7, 11) is 3.11. The van der Waals surface area contributed by atoms with Crippen molar-refractivity contribution in [3.63, 3.8) is 0 Å². The molecule has 0 aliphatic heterocycles. The topological polar surface area (TPSA) is 47.6 Å². The van der Waals surface area contributed by atoms with E-state index in [0.29, 0.717) is 17.2 Å². The molecule has 1 fully saturated rings. The largest absolute Gasteiger partial charge is 0.385 e. The fourth-order valence-electron chi connectivity index (χ4n) is 3.26. The summed E-state index contributed by atoms with van der Waals surface area (Å²) < 4.78 is 5.27. The van der Waals surface area contributed by atoms with Gasteiger partial charge in [0.1, 0.15) is 0 Å². The van der Waals surface area contributed by atoms with Gasteiger partial charge >= 0.3 is 0 Å². The molecular weight excluding hydrogens is 326 g/mol. The number of hydrogen-bond donors (Lipinski definition) is 1. The van der Waals surface area contributed by atoms with Crippen molar-refractivity contribution in [1.29, 1.82) is 0 Å². The third-order valence-electron chi connectivity index (χ3n) is 4.43. The molecule has 1 unspecified atom stereocenters. The lowest BCUT2D eigenvalue weighted by Gasteiger charge is -2.21. The van der Waals surface area contributed by atoms with Crippen LogP contribution in [-0.4, -0.2) is 26.7 Å². The van der Waals surface area contributed by atoms with Gasteiger partial charge in [-0.3, -0.25) is 9.63 Å². The Morgan fingerprint density at radius 2 is 2.04 bits per heavy atom. The number of hydroxylamine groups is 1. The van der Waals surface area contributed by atoms with E-state index in [2.05, 4.69) is 11.6 Å². The molecule has 1 N–H and O–H groups in total. The maximum atomic E-state index is 12.4. The molecule has 0 saturated heterocycles. The second-order valence-corrected chi connectivity index (χ2v) is 6.52. The van der Waals surface area contributed by atoms with Gasteiger partial charge in [-0.2, -0.15) is 0 Å². The van der Waals surface area contributed by atoms with Gasteiger partial charge < -0.3 is 4.74 Å². The summed E-state index contributed by atoms with van der Waals surface area (Å²) in [4.78, 5) is 17.2. The van der Waals surface area contributed by atoms with Gasteiger partial charge in [0.05, 0.1) is 17.7 Å². The van der Waals surface area contributed by atoms with Crippen LogP contribution < -0.4 is 5.48 Å². The lowest BCUT2D eigenvalue weighted by atomic mass is 9.86. The monoisotopic (exact) mass is 351 g/mol. The highest BCUT2D eigenvalue weighted by atomic mass is 35.5. The molecule has 132 valence electrons. The van der Waals surface area contributed by atoms with Crippen LogP contribution in [0.1, 0.15) is 60.4 Å². The number of carbonyl (C=O) groups excluding carboxylic acids is 1. The molecule has 1 aliphatic rings. The maximum Gasteiger partial charge on any atom is 0.276 e. The predicted molar refractivity (Wildman–Crippen MR) is 96.3 cm³/mol. The van der Waals surface area contributed by atoms with Crippen molar-refractivity contribution in [2.75, 3.05) is 20.8 Å². The molecule has 1 aliphatic carbocycles. The molecule has 1 amide bonds. The summed E-state index contributed by atoms with van der Waals surface area (Å²) in [5.74, 6) is -0.211. The molecule has 0 heterocycles. The van der Waals surface area contributed by atoms with Crippen molar-refractivity contribution in [3.8, 4) is 0 Å². The van der Waals surface area contributed by atoms with Gasteiger partial charge in [0.15, 0.2) is 0 Å². The minimum atomic E-state index is -0.317. The summed E-state index contributed by atoms with van der Waals surface area (Å²) in [6, 6.07) is 5.59. The summed E-state index contributed by atoms with van der Waals surface area (Å²) >= 11 is 6.31. The number of rotatable bonds is 7. The number of methoxy groups -OCH3 is 1. The van der Waals surface area contributed by atoms with Gasteiger partial charge in [-0.05, 0) is 43.7 Å². The van der Waals surface area contributed by atoms with Crippen molar-refractivity contribution >= 4 is 17.5 Å². The molecule has 24 heavy (non-hydrogen) atoms. The number of amides is 1. The molecule has 2 rings (SSSR count). The Morgan fingerprint density at radius 1 is 1.29 bits per heavy atom. The molecule has 0 bridgehead atoms. The van der Waals surface area contributed by atoms with Crippen molar-refractivity contribution in [1.82, 2.24) is 5.48 Å². The third-order valence-corrected chi connectivity index (χ3v) is 4.75. The minimum Gasteiger partial charge on any atom is -0.385 e. The van der Waals surface area contributed by atoms with Crippen LogP contribution in [0.5, 0.6) is 0 Å². The van der Waals surface area contributed by atoms with E-state index in [9.17, 15) is 4.79 Å². The molecule has 1 aromatic rings. The highest BCUT2D eigenvalue weighted by Gasteiger charge is 2.21. The Morgan fingerprint density at radius 3 is 2.71 bits per heavy atom. The first kappa shape index (κ1) is 19.0. The lowest BCUT2D eigenvalue weighted by molar-refractivity contribution is 0.0536. The smallest absolute Gasteiger partial charge is 0.276 e. The molecular formula is C19H26ClNO3. The number of benzene rings is 1. The van der Waals surface area contributed by atoms with E-state index in [0.717, 1.165) is 24.8 Å². The summed E-state index contributed by atoms with van der Waals surface area (Å²) in [5, 5.41) is 0.437. The van der Waals surface area contributed by atoms with Crippen LogP contribution in [0, 0.1) is 0 Å². The highest BCUT2D eigenvalue weighted by molar-refractivity contribution is 6.34. The van der Waals surface area contributed by atoms with Crippen LogP contribution in [0.25, 0.3) is 0 Å². The molecule has 5 heteroatoms.